The van der Waals surface area contributed by atoms with Gasteiger partial charge in [-0.05, 0) is 31.2 Å². The Kier molecular flexibility index (Phi) is 3.71. The second-order valence-electron chi connectivity index (χ2n) is 4.15. The Morgan fingerprint density at radius 3 is 2.32 bits per heavy atom. The van der Waals surface area contributed by atoms with Gasteiger partial charge in [0.05, 0.1) is 22.0 Å². The fourth-order valence-corrected chi connectivity index (χ4v) is 1.89. The van der Waals surface area contributed by atoms with Crippen LogP contribution in [0.25, 0.3) is 0 Å². The summed E-state index contributed by atoms with van der Waals surface area (Å²) in [6, 6.07) is 10.8. The lowest BCUT2D eigenvalue weighted by Gasteiger charge is -2.16. The molecule has 0 aliphatic rings. The number of halogens is 4. The number of aryl methyl sites for hydroxylation is 1. The minimum atomic E-state index is -4.41. The number of alkyl halides is 3. The molecular weight excluding hydrogens is 275 g/mol. The molecule has 0 saturated carbocycles. The largest absolute Gasteiger partial charge is 0.418 e. The molecule has 2 aromatic rings. The van der Waals surface area contributed by atoms with Gasteiger partial charge in [0.25, 0.3) is 0 Å². The molecule has 0 fully saturated rings. The molecule has 0 saturated heterocycles. The zero-order chi connectivity index (χ0) is 14.0. The van der Waals surface area contributed by atoms with Gasteiger partial charge in [0, 0.05) is 0 Å². The molecule has 1 N–H and O–H groups in total. The number of anilines is 2. The van der Waals surface area contributed by atoms with E-state index in [1.165, 1.54) is 6.07 Å². The number of rotatable bonds is 2. The lowest BCUT2D eigenvalue weighted by atomic mass is 10.1. The summed E-state index contributed by atoms with van der Waals surface area (Å²) in [4.78, 5) is 0. The average molecular weight is 286 g/mol. The first-order chi connectivity index (χ1) is 8.88. The Labute approximate surface area is 114 Å². The van der Waals surface area contributed by atoms with Gasteiger partial charge in [-0.1, -0.05) is 35.4 Å². The standard InChI is InChI=1S/C14H11ClF3N/c1-9-6-7-12(10(8-9)14(16,17)18)19-13-5-3-2-4-11(13)15/h2-8,19H,1H3. The van der Waals surface area contributed by atoms with Crippen LogP contribution in [0.5, 0.6) is 0 Å². The van der Waals surface area contributed by atoms with E-state index in [1.807, 2.05) is 0 Å². The molecule has 0 heterocycles. The third kappa shape index (κ3) is 3.20. The molecule has 0 radical (unpaired) electrons. The molecule has 0 amide bonds. The SMILES string of the molecule is Cc1ccc(Nc2ccccc2Cl)c(C(F)(F)F)c1. The van der Waals surface area contributed by atoms with Crippen LogP contribution in [0.3, 0.4) is 0 Å². The Morgan fingerprint density at radius 2 is 1.68 bits per heavy atom. The summed E-state index contributed by atoms with van der Waals surface area (Å²) in [6.07, 6.45) is -4.41. The van der Waals surface area contributed by atoms with Crippen molar-refractivity contribution in [2.45, 2.75) is 13.1 Å². The minimum Gasteiger partial charge on any atom is -0.354 e. The van der Waals surface area contributed by atoms with Gasteiger partial charge in [0.2, 0.25) is 0 Å². The van der Waals surface area contributed by atoms with Crippen LogP contribution in [0.1, 0.15) is 11.1 Å². The highest BCUT2D eigenvalue weighted by Crippen LogP contribution is 2.37. The van der Waals surface area contributed by atoms with Crippen LogP contribution in [0.2, 0.25) is 5.02 Å². The topological polar surface area (TPSA) is 12.0 Å². The van der Waals surface area contributed by atoms with Gasteiger partial charge >= 0.3 is 6.18 Å². The van der Waals surface area contributed by atoms with Crippen molar-refractivity contribution in [1.29, 1.82) is 0 Å². The fraction of sp³-hybridized carbons (Fsp3) is 0.143. The first-order valence-corrected chi connectivity index (χ1v) is 5.95. The second kappa shape index (κ2) is 5.13. The monoisotopic (exact) mass is 285 g/mol. The molecule has 0 atom stereocenters. The van der Waals surface area contributed by atoms with Crippen LogP contribution in [0, 0.1) is 6.92 Å². The maximum Gasteiger partial charge on any atom is 0.418 e. The summed E-state index contributed by atoms with van der Waals surface area (Å²) in [5, 5.41) is 3.09. The zero-order valence-electron chi connectivity index (χ0n) is 10.1. The summed E-state index contributed by atoms with van der Waals surface area (Å²) in [5.41, 5.74) is 0.286. The van der Waals surface area contributed by atoms with Crippen molar-refractivity contribution < 1.29 is 13.2 Å². The van der Waals surface area contributed by atoms with Gasteiger partial charge < -0.3 is 5.32 Å². The van der Waals surface area contributed by atoms with Gasteiger partial charge in [-0.15, -0.1) is 0 Å². The van der Waals surface area contributed by atoms with Crippen molar-refractivity contribution in [3.63, 3.8) is 0 Å². The van der Waals surface area contributed by atoms with E-state index in [-0.39, 0.29) is 5.69 Å². The van der Waals surface area contributed by atoms with Gasteiger partial charge in [0.1, 0.15) is 0 Å². The lowest BCUT2D eigenvalue weighted by molar-refractivity contribution is -0.137. The molecule has 1 nitrogen and oxygen atoms in total. The van der Waals surface area contributed by atoms with E-state index in [2.05, 4.69) is 5.32 Å². The van der Waals surface area contributed by atoms with Crippen molar-refractivity contribution in [1.82, 2.24) is 0 Å². The normalized spacial score (nSPS) is 11.4. The highest BCUT2D eigenvalue weighted by atomic mass is 35.5. The quantitative estimate of drug-likeness (QED) is 0.778. The molecule has 5 heteroatoms. The number of nitrogens with one attached hydrogen (secondary N) is 1. The highest BCUT2D eigenvalue weighted by Gasteiger charge is 2.33. The predicted molar refractivity (Wildman–Crippen MR) is 70.9 cm³/mol. The maximum absolute atomic E-state index is 13.0. The molecular formula is C14H11ClF3N. The van der Waals surface area contributed by atoms with Crippen LogP contribution in [0.4, 0.5) is 24.5 Å². The van der Waals surface area contributed by atoms with Crippen LogP contribution in [-0.4, -0.2) is 0 Å². The van der Waals surface area contributed by atoms with Gasteiger partial charge in [-0.3, -0.25) is 0 Å². The second-order valence-corrected chi connectivity index (χ2v) is 4.56. The van der Waals surface area contributed by atoms with Crippen molar-refractivity contribution >= 4 is 23.0 Å². The van der Waals surface area contributed by atoms with Crippen molar-refractivity contribution in [2.75, 3.05) is 5.32 Å². The van der Waals surface area contributed by atoms with Crippen molar-refractivity contribution in [3.8, 4) is 0 Å². The Morgan fingerprint density at radius 1 is 1.00 bits per heavy atom. The van der Waals surface area contributed by atoms with Gasteiger partial charge in [-0.2, -0.15) is 13.2 Å². The molecule has 0 unspecified atom stereocenters. The molecule has 0 bridgehead atoms. The Hall–Kier alpha value is -1.68. The van der Waals surface area contributed by atoms with Gasteiger partial charge in [0.15, 0.2) is 0 Å². The van der Waals surface area contributed by atoms with E-state index >= 15 is 0 Å². The molecule has 2 rings (SSSR count). The van der Waals surface area contributed by atoms with E-state index in [9.17, 15) is 13.2 Å². The molecule has 19 heavy (non-hydrogen) atoms. The van der Waals surface area contributed by atoms with Crippen LogP contribution in [0.15, 0.2) is 42.5 Å². The third-order valence-electron chi connectivity index (χ3n) is 2.62. The average Bonchev–Trinajstić information content (AvgIpc) is 2.33. The van der Waals surface area contributed by atoms with Crippen molar-refractivity contribution in [3.05, 3.63) is 58.6 Å². The zero-order valence-corrected chi connectivity index (χ0v) is 10.8. The van der Waals surface area contributed by atoms with Gasteiger partial charge in [-0.25, -0.2) is 0 Å². The molecule has 2 aromatic carbocycles. The summed E-state index contributed by atoms with van der Waals surface area (Å²) >= 11 is 5.93. The third-order valence-corrected chi connectivity index (χ3v) is 2.95. The Bertz CT molecular complexity index is 593. The highest BCUT2D eigenvalue weighted by molar-refractivity contribution is 6.33. The van der Waals surface area contributed by atoms with E-state index in [1.54, 1.807) is 37.3 Å². The van der Waals surface area contributed by atoms with E-state index in [4.69, 9.17) is 11.6 Å². The Balaban J connectivity index is 2.44. The number of benzene rings is 2. The van der Waals surface area contributed by atoms with Crippen LogP contribution in [-0.2, 0) is 6.18 Å². The number of para-hydroxylation sites is 1. The number of hydrogen-bond acceptors (Lipinski definition) is 1. The number of hydrogen-bond donors (Lipinski definition) is 1. The molecule has 0 aliphatic carbocycles. The smallest absolute Gasteiger partial charge is 0.354 e. The van der Waals surface area contributed by atoms with Crippen molar-refractivity contribution in [2.24, 2.45) is 0 Å². The van der Waals surface area contributed by atoms with E-state index in [0.29, 0.717) is 16.3 Å². The molecule has 0 spiro atoms. The van der Waals surface area contributed by atoms with E-state index < -0.39 is 11.7 Å². The fourth-order valence-electron chi connectivity index (χ4n) is 1.71. The van der Waals surface area contributed by atoms with Crippen LogP contribution < -0.4 is 5.32 Å². The summed E-state index contributed by atoms with van der Waals surface area (Å²) in [5.74, 6) is 0. The predicted octanol–water partition coefficient (Wildman–Crippen LogP) is 5.41. The van der Waals surface area contributed by atoms with E-state index in [0.717, 1.165) is 6.07 Å². The molecule has 0 aromatic heterocycles. The summed E-state index contributed by atoms with van der Waals surface area (Å²) in [6.45, 7) is 1.62. The van der Waals surface area contributed by atoms with Crippen LogP contribution >= 0.6 is 11.6 Å². The molecule has 100 valence electrons. The lowest BCUT2D eigenvalue weighted by Crippen LogP contribution is -2.09. The summed E-state index contributed by atoms with van der Waals surface area (Å²) < 4.78 is 38.9. The summed E-state index contributed by atoms with van der Waals surface area (Å²) in [7, 11) is 0. The maximum atomic E-state index is 13.0. The molecule has 0 aliphatic heterocycles. The first kappa shape index (κ1) is 13.7. The first-order valence-electron chi connectivity index (χ1n) is 5.57. The minimum absolute atomic E-state index is 0.00815.